The van der Waals surface area contributed by atoms with Gasteiger partial charge in [0, 0.05) is 30.3 Å². The van der Waals surface area contributed by atoms with Gasteiger partial charge in [0.05, 0.1) is 6.54 Å². The monoisotopic (exact) mass is 244 g/mol. The summed E-state index contributed by atoms with van der Waals surface area (Å²) in [5, 5.41) is 5.83. The molecule has 0 bridgehead atoms. The largest absolute Gasteiger partial charge is 0.379 e. The first-order valence-corrected chi connectivity index (χ1v) is 5.66. The molecule has 5 nitrogen and oxygen atoms in total. The van der Waals surface area contributed by atoms with Crippen LogP contribution in [-0.4, -0.2) is 10.6 Å². The van der Waals surface area contributed by atoms with Crippen molar-refractivity contribution in [3.63, 3.8) is 0 Å². The molecule has 0 atom stereocenters. The van der Waals surface area contributed by atoms with Crippen molar-refractivity contribution in [3.05, 3.63) is 48.3 Å². The second-order valence-electron chi connectivity index (χ2n) is 4.03. The van der Waals surface area contributed by atoms with Crippen LogP contribution < -0.4 is 16.4 Å². The average Bonchev–Trinajstić information content (AvgIpc) is 2.72. The second-order valence-corrected chi connectivity index (χ2v) is 4.03. The number of benzene rings is 1. The van der Waals surface area contributed by atoms with Crippen LogP contribution >= 0.6 is 0 Å². The van der Waals surface area contributed by atoms with Gasteiger partial charge in [-0.15, -0.1) is 0 Å². The summed E-state index contributed by atoms with van der Waals surface area (Å²) in [7, 11) is 2.00. The smallest absolute Gasteiger partial charge is 0.316 e. The van der Waals surface area contributed by atoms with E-state index < -0.39 is 6.03 Å². The maximum atomic E-state index is 10.8. The summed E-state index contributed by atoms with van der Waals surface area (Å²) in [5.74, 6) is 0. The zero-order valence-corrected chi connectivity index (χ0v) is 10.2. The van der Waals surface area contributed by atoms with E-state index in [9.17, 15) is 4.79 Å². The summed E-state index contributed by atoms with van der Waals surface area (Å²) >= 11 is 0. The van der Waals surface area contributed by atoms with Crippen LogP contribution in [0.5, 0.6) is 0 Å². The van der Waals surface area contributed by atoms with Crippen molar-refractivity contribution >= 4 is 17.4 Å². The molecule has 1 aromatic carbocycles. The summed E-state index contributed by atoms with van der Waals surface area (Å²) in [5.41, 5.74) is 7.87. The number of urea groups is 1. The van der Waals surface area contributed by atoms with E-state index in [1.165, 1.54) is 5.69 Å². The molecule has 5 heteroatoms. The molecule has 0 fully saturated rings. The van der Waals surface area contributed by atoms with E-state index in [1.807, 2.05) is 37.5 Å². The number of aromatic nitrogens is 1. The first-order chi connectivity index (χ1) is 8.65. The number of primary amides is 1. The van der Waals surface area contributed by atoms with Crippen LogP contribution in [0.3, 0.4) is 0 Å². The molecule has 2 aromatic rings. The predicted octanol–water partition coefficient (Wildman–Crippen LogP) is 2.13. The third-order valence-corrected chi connectivity index (χ3v) is 2.66. The predicted molar refractivity (Wildman–Crippen MR) is 72.4 cm³/mol. The molecular weight excluding hydrogens is 228 g/mol. The van der Waals surface area contributed by atoms with Crippen LogP contribution in [-0.2, 0) is 13.6 Å². The topological polar surface area (TPSA) is 72.1 Å². The molecule has 1 aromatic heterocycles. The van der Waals surface area contributed by atoms with Gasteiger partial charge in [-0.2, -0.15) is 0 Å². The van der Waals surface area contributed by atoms with E-state index >= 15 is 0 Å². The fraction of sp³-hybridized carbons (Fsp3) is 0.154. The van der Waals surface area contributed by atoms with Crippen LogP contribution in [0.1, 0.15) is 5.69 Å². The second kappa shape index (κ2) is 5.27. The number of carbonyl (C=O) groups is 1. The zero-order chi connectivity index (χ0) is 13.0. The van der Waals surface area contributed by atoms with Crippen molar-refractivity contribution in [3.8, 4) is 0 Å². The standard InChI is InChI=1S/C13H16N4O/c1-17-7-3-6-12(17)9-15-10-4-2-5-11(8-10)16-13(14)18/h2-8,15H,9H2,1H3,(H3,14,16,18). The van der Waals surface area contributed by atoms with Crippen molar-refractivity contribution < 1.29 is 4.79 Å². The van der Waals surface area contributed by atoms with E-state index in [1.54, 1.807) is 6.07 Å². The quantitative estimate of drug-likeness (QED) is 0.771. The number of aryl methyl sites for hydroxylation is 1. The molecule has 0 aliphatic rings. The minimum Gasteiger partial charge on any atom is -0.379 e. The molecule has 94 valence electrons. The number of hydrogen-bond acceptors (Lipinski definition) is 2. The average molecular weight is 244 g/mol. The van der Waals surface area contributed by atoms with Gasteiger partial charge in [-0.1, -0.05) is 6.07 Å². The first kappa shape index (κ1) is 12.0. The van der Waals surface area contributed by atoms with Crippen LogP contribution in [0.4, 0.5) is 16.2 Å². The molecule has 0 aliphatic carbocycles. The minimum absolute atomic E-state index is 0.561. The Hall–Kier alpha value is -2.43. The van der Waals surface area contributed by atoms with Gasteiger partial charge in [0.2, 0.25) is 0 Å². The van der Waals surface area contributed by atoms with Gasteiger partial charge in [-0.05, 0) is 30.3 Å². The van der Waals surface area contributed by atoms with Crippen molar-refractivity contribution in [1.29, 1.82) is 0 Å². The lowest BCUT2D eigenvalue weighted by Crippen LogP contribution is -2.19. The van der Waals surface area contributed by atoms with E-state index in [2.05, 4.69) is 21.3 Å². The van der Waals surface area contributed by atoms with Gasteiger partial charge in [-0.25, -0.2) is 4.79 Å². The Labute approximate surface area is 106 Å². The fourth-order valence-corrected chi connectivity index (χ4v) is 1.72. The van der Waals surface area contributed by atoms with Crippen molar-refractivity contribution in [2.75, 3.05) is 10.6 Å². The van der Waals surface area contributed by atoms with Crippen molar-refractivity contribution in [2.45, 2.75) is 6.54 Å². The summed E-state index contributed by atoms with van der Waals surface area (Å²) in [6.07, 6.45) is 2.00. The lowest BCUT2D eigenvalue weighted by molar-refractivity contribution is 0.259. The van der Waals surface area contributed by atoms with Gasteiger partial charge >= 0.3 is 6.03 Å². The Morgan fingerprint density at radius 2 is 2.06 bits per heavy atom. The van der Waals surface area contributed by atoms with Crippen molar-refractivity contribution in [1.82, 2.24) is 4.57 Å². The normalized spacial score (nSPS) is 10.1. The number of nitrogens with two attached hydrogens (primary N) is 1. The highest BCUT2D eigenvalue weighted by molar-refractivity contribution is 5.88. The number of carbonyl (C=O) groups excluding carboxylic acids is 1. The van der Waals surface area contributed by atoms with Gasteiger partial charge in [-0.3, -0.25) is 0 Å². The maximum absolute atomic E-state index is 10.8. The van der Waals surface area contributed by atoms with Crippen LogP contribution in [0.2, 0.25) is 0 Å². The van der Waals surface area contributed by atoms with Crippen LogP contribution in [0.25, 0.3) is 0 Å². The maximum Gasteiger partial charge on any atom is 0.316 e. The van der Waals surface area contributed by atoms with Crippen molar-refractivity contribution in [2.24, 2.45) is 12.8 Å². The fourth-order valence-electron chi connectivity index (χ4n) is 1.72. The summed E-state index contributed by atoms with van der Waals surface area (Å²) < 4.78 is 2.05. The molecule has 0 saturated heterocycles. The Morgan fingerprint density at radius 1 is 1.28 bits per heavy atom. The molecule has 1 heterocycles. The number of nitrogens with one attached hydrogen (secondary N) is 2. The minimum atomic E-state index is -0.561. The molecule has 2 amide bonds. The Balaban J connectivity index is 2.01. The summed E-state index contributed by atoms with van der Waals surface area (Å²) in [4.78, 5) is 10.8. The van der Waals surface area contributed by atoms with Crippen LogP contribution in [0.15, 0.2) is 42.6 Å². The third kappa shape index (κ3) is 3.04. The zero-order valence-electron chi connectivity index (χ0n) is 10.2. The third-order valence-electron chi connectivity index (χ3n) is 2.66. The summed E-state index contributed by atoms with van der Waals surface area (Å²) in [6, 6.07) is 10.9. The number of hydrogen-bond donors (Lipinski definition) is 3. The number of nitrogens with zero attached hydrogens (tertiary/aromatic N) is 1. The SMILES string of the molecule is Cn1cccc1CNc1cccc(NC(N)=O)c1. The Kier molecular flexibility index (Phi) is 3.52. The van der Waals surface area contributed by atoms with Gasteiger partial charge in [0.15, 0.2) is 0 Å². The Bertz CT molecular complexity index is 547. The molecule has 0 radical (unpaired) electrons. The van der Waals surface area contributed by atoms with Gasteiger partial charge in [0.25, 0.3) is 0 Å². The number of rotatable bonds is 4. The highest BCUT2D eigenvalue weighted by Crippen LogP contribution is 2.15. The van der Waals surface area contributed by atoms with E-state index in [0.29, 0.717) is 5.69 Å². The number of anilines is 2. The first-order valence-electron chi connectivity index (χ1n) is 5.66. The molecule has 18 heavy (non-hydrogen) atoms. The lowest BCUT2D eigenvalue weighted by Gasteiger charge is -2.09. The Morgan fingerprint density at radius 3 is 2.72 bits per heavy atom. The molecular formula is C13H16N4O. The highest BCUT2D eigenvalue weighted by atomic mass is 16.2. The molecule has 0 spiro atoms. The number of amides is 2. The highest BCUT2D eigenvalue weighted by Gasteiger charge is 2.00. The van der Waals surface area contributed by atoms with Gasteiger partial charge in [0.1, 0.15) is 0 Å². The molecule has 0 aliphatic heterocycles. The molecule has 0 unspecified atom stereocenters. The van der Waals surface area contributed by atoms with E-state index in [4.69, 9.17) is 5.73 Å². The molecule has 4 N–H and O–H groups in total. The summed E-state index contributed by atoms with van der Waals surface area (Å²) in [6.45, 7) is 0.726. The van der Waals surface area contributed by atoms with E-state index in [-0.39, 0.29) is 0 Å². The lowest BCUT2D eigenvalue weighted by atomic mass is 10.2. The van der Waals surface area contributed by atoms with E-state index in [0.717, 1.165) is 12.2 Å². The van der Waals surface area contributed by atoms with Crippen LogP contribution in [0, 0.1) is 0 Å². The molecule has 0 saturated carbocycles. The molecule has 2 rings (SSSR count). The van der Waals surface area contributed by atoms with Gasteiger partial charge < -0.3 is 20.9 Å².